The minimum atomic E-state index is 0. The fourth-order valence-electron chi connectivity index (χ4n) is 1.30. The van der Waals surface area contributed by atoms with Gasteiger partial charge >= 0.3 is 18.9 Å². The average molecular weight is 167 g/mol. The zero-order valence-corrected chi connectivity index (χ0v) is 6.79. The molecule has 0 unspecified atom stereocenters. The molecule has 40 valence electrons. The van der Waals surface area contributed by atoms with E-state index < -0.39 is 0 Å². The van der Waals surface area contributed by atoms with E-state index in [1.165, 1.54) is 25.7 Å². The quantitative estimate of drug-likeness (QED) is 0.336. The first kappa shape index (κ1) is 7.19. The van der Waals surface area contributed by atoms with Crippen LogP contribution in [0.4, 0.5) is 0 Å². The van der Waals surface area contributed by atoms with E-state index in [1.54, 1.807) is 4.83 Å². The van der Waals surface area contributed by atoms with Crippen molar-refractivity contribution in [3.63, 3.8) is 0 Å². The summed E-state index contributed by atoms with van der Waals surface area (Å²) in [6, 6.07) is 0. The molecule has 2 aliphatic rings. The van der Waals surface area contributed by atoms with Crippen LogP contribution < -0.4 is 18.9 Å². The van der Waals surface area contributed by atoms with Gasteiger partial charge in [-0.25, -0.2) is 4.83 Å². The molecular weight excluding hydrogens is 159 g/mol. The Bertz CT molecular complexity index is 93.2. The van der Waals surface area contributed by atoms with Crippen LogP contribution in [0, 0.1) is 10.2 Å². The van der Waals surface area contributed by atoms with Crippen molar-refractivity contribution in [2.45, 2.75) is 25.7 Å². The van der Waals surface area contributed by atoms with Crippen molar-refractivity contribution in [1.82, 2.24) is 0 Å². The second-order valence-corrected chi connectivity index (χ2v) is 3.67. The van der Waals surface area contributed by atoms with Crippen molar-refractivity contribution in [3.05, 3.63) is 4.83 Å². The summed E-state index contributed by atoms with van der Waals surface area (Å²) >= 11 is 3.53. The van der Waals surface area contributed by atoms with E-state index in [1.807, 2.05) is 0 Å². The SMILES string of the molecule is Br[C-]1CC12CCC2.[Li+]. The Kier molecular flexibility index (Phi) is 1.83. The third-order valence-electron chi connectivity index (χ3n) is 2.25. The van der Waals surface area contributed by atoms with Crippen molar-refractivity contribution in [1.29, 1.82) is 0 Å². The minimum absolute atomic E-state index is 0. The Labute approximate surface area is 70.7 Å². The standard InChI is InChI=1S/C6H8Br.Li/c7-5-4-6(5)2-1-3-6;/h1-4H2;/q-1;+1. The molecule has 0 amide bonds. The Balaban J connectivity index is 0.000000320. The molecule has 0 radical (unpaired) electrons. The molecule has 2 aliphatic carbocycles. The van der Waals surface area contributed by atoms with Crippen LogP contribution >= 0.6 is 15.9 Å². The van der Waals surface area contributed by atoms with Crippen LogP contribution in [0.5, 0.6) is 0 Å². The largest absolute Gasteiger partial charge is 1.00 e. The molecule has 0 bridgehead atoms. The van der Waals surface area contributed by atoms with Crippen molar-refractivity contribution in [2.75, 3.05) is 0 Å². The molecule has 0 aliphatic heterocycles. The van der Waals surface area contributed by atoms with E-state index in [9.17, 15) is 0 Å². The summed E-state index contributed by atoms with van der Waals surface area (Å²) in [6.07, 6.45) is 5.78. The molecule has 0 saturated heterocycles. The number of halogens is 1. The van der Waals surface area contributed by atoms with Gasteiger partial charge in [0.1, 0.15) is 0 Å². The Morgan fingerprint density at radius 3 is 1.88 bits per heavy atom. The summed E-state index contributed by atoms with van der Waals surface area (Å²) in [5, 5.41) is 0. The van der Waals surface area contributed by atoms with Gasteiger partial charge in [-0.2, -0.15) is 11.8 Å². The monoisotopic (exact) mass is 166 g/mol. The number of hydrogen-bond acceptors (Lipinski definition) is 0. The van der Waals surface area contributed by atoms with Gasteiger partial charge in [-0.05, 0) is 0 Å². The van der Waals surface area contributed by atoms with Crippen molar-refractivity contribution in [2.24, 2.45) is 5.41 Å². The van der Waals surface area contributed by atoms with Crippen LogP contribution in [-0.4, -0.2) is 0 Å². The molecule has 2 fully saturated rings. The summed E-state index contributed by atoms with van der Waals surface area (Å²) in [7, 11) is 0. The van der Waals surface area contributed by atoms with E-state index in [-0.39, 0.29) is 18.9 Å². The van der Waals surface area contributed by atoms with Crippen LogP contribution in [0.15, 0.2) is 0 Å². The van der Waals surface area contributed by atoms with Gasteiger partial charge in [0.2, 0.25) is 0 Å². The molecular formula is C6H8BrLi. The molecule has 0 aromatic heterocycles. The fourth-order valence-corrected chi connectivity index (χ4v) is 2.24. The summed E-state index contributed by atoms with van der Waals surface area (Å²) in [6.45, 7) is 0. The maximum atomic E-state index is 3.53. The molecule has 1 spiro atoms. The molecule has 2 rings (SSSR count). The summed E-state index contributed by atoms with van der Waals surface area (Å²) in [5.74, 6) is 0. The maximum Gasteiger partial charge on any atom is 1.00 e. The van der Waals surface area contributed by atoms with Crippen molar-refractivity contribution >= 4 is 15.9 Å². The fraction of sp³-hybridized carbons (Fsp3) is 0.833. The van der Waals surface area contributed by atoms with Gasteiger partial charge in [0.25, 0.3) is 0 Å². The smallest absolute Gasteiger partial charge is 0.316 e. The molecule has 0 aromatic rings. The first-order chi connectivity index (χ1) is 3.33. The van der Waals surface area contributed by atoms with E-state index in [2.05, 4.69) is 15.9 Å². The molecule has 2 heteroatoms. The van der Waals surface area contributed by atoms with Crippen LogP contribution in [0.3, 0.4) is 0 Å². The number of rotatable bonds is 0. The molecule has 0 atom stereocenters. The Morgan fingerprint density at radius 1 is 1.38 bits per heavy atom. The Morgan fingerprint density at radius 2 is 1.88 bits per heavy atom. The predicted molar refractivity (Wildman–Crippen MR) is 33.1 cm³/mol. The van der Waals surface area contributed by atoms with E-state index in [4.69, 9.17) is 0 Å². The van der Waals surface area contributed by atoms with E-state index >= 15 is 0 Å². The average Bonchev–Trinajstić information content (AvgIpc) is 2.10. The van der Waals surface area contributed by atoms with Crippen molar-refractivity contribution in [3.8, 4) is 0 Å². The summed E-state index contributed by atoms with van der Waals surface area (Å²) in [5.41, 5.74) is 0.764. The number of hydrogen-bond donors (Lipinski definition) is 0. The van der Waals surface area contributed by atoms with Gasteiger partial charge in [-0.1, -0.05) is 19.3 Å². The molecule has 2 saturated carbocycles. The summed E-state index contributed by atoms with van der Waals surface area (Å²) < 4.78 is 0. The molecule has 0 aromatic carbocycles. The zero-order valence-electron chi connectivity index (χ0n) is 5.21. The van der Waals surface area contributed by atoms with Gasteiger partial charge in [0.05, 0.1) is 0 Å². The van der Waals surface area contributed by atoms with Crippen LogP contribution in [0.1, 0.15) is 25.7 Å². The van der Waals surface area contributed by atoms with Crippen LogP contribution in [0.2, 0.25) is 0 Å². The first-order valence-electron chi connectivity index (χ1n) is 2.85. The normalized spacial score (nSPS) is 31.1. The van der Waals surface area contributed by atoms with Crippen LogP contribution in [0.25, 0.3) is 0 Å². The third-order valence-corrected chi connectivity index (χ3v) is 3.38. The summed E-state index contributed by atoms with van der Waals surface area (Å²) in [4.78, 5) is 1.59. The topological polar surface area (TPSA) is 0 Å². The van der Waals surface area contributed by atoms with Gasteiger partial charge in [-0.3, -0.25) is 0 Å². The van der Waals surface area contributed by atoms with Gasteiger partial charge in [-0.15, -0.1) is 0 Å². The third kappa shape index (κ3) is 0.800. The van der Waals surface area contributed by atoms with E-state index in [0.29, 0.717) is 0 Å². The van der Waals surface area contributed by atoms with E-state index in [0.717, 1.165) is 5.41 Å². The molecule has 0 N–H and O–H groups in total. The second-order valence-electron chi connectivity index (χ2n) is 2.72. The van der Waals surface area contributed by atoms with Gasteiger partial charge in [0, 0.05) is 0 Å². The maximum absolute atomic E-state index is 3.53. The Hall–Kier alpha value is 1.08. The van der Waals surface area contributed by atoms with Gasteiger partial charge in [0.15, 0.2) is 0 Å². The predicted octanol–water partition coefficient (Wildman–Crippen LogP) is -0.509. The minimum Gasteiger partial charge on any atom is -0.316 e. The first-order valence-corrected chi connectivity index (χ1v) is 3.65. The zero-order chi connectivity index (χ0) is 4.91. The molecule has 8 heavy (non-hydrogen) atoms. The molecule has 0 heterocycles. The van der Waals surface area contributed by atoms with Gasteiger partial charge < -0.3 is 15.9 Å². The second kappa shape index (κ2) is 2.04. The molecule has 0 nitrogen and oxygen atoms in total. The van der Waals surface area contributed by atoms with Crippen LogP contribution in [-0.2, 0) is 0 Å². The van der Waals surface area contributed by atoms with Crippen molar-refractivity contribution < 1.29 is 18.9 Å².